The molecular formula is C17H15ClF2IN3O2. The Kier molecular flexibility index (Phi) is 5.81. The van der Waals surface area contributed by atoms with E-state index < -0.39 is 5.57 Å². The topological polar surface area (TPSA) is 54.5 Å². The smallest absolute Gasteiger partial charge is 0.420 e. The molecule has 1 N–H and O–H groups in total. The number of nitrogens with zero attached hydrogens (tertiary/aromatic N) is 2. The second-order valence-corrected chi connectivity index (χ2v) is 7.35. The minimum atomic E-state index is -3.77. The molecule has 1 aromatic heterocycles. The molecule has 1 aliphatic heterocycles. The van der Waals surface area contributed by atoms with Gasteiger partial charge in [-0.2, -0.15) is 0 Å². The van der Waals surface area contributed by atoms with Crippen LogP contribution < -0.4 is 15.0 Å². The van der Waals surface area contributed by atoms with Crippen LogP contribution in [-0.4, -0.2) is 29.5 Å². The fourth-order valence-corrected chi connectivity index (χ4v) is 3.56. The third-order valence-electron chi connectivity index (χ3n) is 3.84. The lowest BCUT2D eigenvalue weighted by molar-refractivity contribution is -0.0964. The minimum absolute atomic E-state index is 0.103. The summed E-state index contributed by atoms with van der Waals surface area (Å²) in [6, 6.07) is 7.27. The van der Waals surface area contributed by atoms with Gasteiger partial charge < -0.3 is 15.0 Å². The summed E-state index contributed by atoms with van der Waals surface area (Å²) in [5, 5.41) is 2.69. The Morgan fingerprint density at radius 3 is 2.50 bits per heavy atom. The molecule has 0 radical (unpaired) electrons. The third kappa shape index (κ3) is 4.94. The van der Waals surface area contributed by atoms with E-state index in [0.717, 1.165) is 35.3 Å². The predicted octanol–water partition coefficient (Wildman–Crippen LogP) is 4.71. The van der Waals surface area contributed by atoms with Crippen LogP contribution in [0.25, 0.3) is 0 Å². The summed E-state index contributed by atoms with van der Waals surface area (Å²) in [5.41, 5.74) is -2.91. The molecule has 1 fully saturated rings. The van der Waals surface area contributed by atoms with E-state index in [1.165, 1.54) is 30.5 Å². The number of rotatable bonds is 5. The van der Waals surface area contributed by atoms with Crippen LogP contribution in [0, 0.1) is 3.57 Å². The molecule has 1 saturated heterocycles. The first-order valence-corrected chi connectivity index (χ1v) is 9.35. The third-order valence-corrected chi connectivity index (χ3v) is 4.71. The molecule has 5 nitrogen and oxygen atoms in total. The van der Waals surface area contributed by atoms with Gasteiger partial charge in [0.15, 0.2) is 0 Å². The zero-order valence-electron chi connectivity index (χ0n) is 13.5. The Bertz CT molecular complexity index is 794. The number of hydrogen-bond donors (Lipinski definition) is 1. The zero-order chi connectivity index (χ0) is 18.7. The highest BCUT2D eigenvalue weighted by atomic mass is 127. The van der Waals surface area contributed by atoms with Crippen molar-refractivity contribution in [1.82, 2.24) is 4.98 Å². The maximum absolute atomic E-state index is 12.6. The Balaban J connectivity index is 1.67. The molecule has 138 valence electrons. The Labute approximate surface area is 167 Å². The predicted molar refractivity (Wildman–Crippen MR) is 104 cm³/mol. The number of amides is 1. The molecule has 0 unspecified atom stereocenters. The van der Waals surface area contributed by atoms with Gasteiger partial charge in [-0.15, -0.1) is 8.78 Å². The van der Waals surface area contributed by atoms with Gasteiger partial charge >= 0.3 is 5.57 Å². The lowest BCUT2D eigenvalue weighted by atomic mass is 10.2. The molecule has 9 heteroatoms. The molecule has 26 heavy (non-hydrogen) atoms. The van der Waals surface area contributed by atoms with E-state index >= 15 is 0 Å². The average molecular weight is 494 g/mol. The van der Waals surface area contributed by atoms with Crippen LogP contribution >= 0.6 is 34.2 Å². The number of benzene rings is 1. The molecule has 1 aromatic carbocycles. The second kappa shape index (κ2) is 7.91. The lowest BCUT2D eigenvalue weighted by Crippen LogP contribution is -2.21. The van der Waals surface area contributed by atoms with E-state index in [0.29, 0.717) is 11.3 Å². The van der Waals surface area contributed by atoms with Crippen LogP contribution in [0.1, 0.15) is 23.2 Å². The fraction of sp³-hybridized carbons (Fsp3) is 0.294. The van der Waals surface area contributed by atoms with Crippen LogP contribution in [0.3, 0.4) is 0 Å². The standard InChI is InChI=1S/C17H15ClF2IN3O2/c18-17(19,20)26-13-5-3-12(4-6-13)23-16(25)11-9-14(21)15(22-10-11)24-7-1-2-8-24/h3-6,9-10H,1-2,7-8H2,(H,23,25). The number of halogens is 4. The normalized spacial score (nSPS) is 14.4. The van der Waals surface area contributed by atoms with Crippen molar-refractivity contribution in [2.45, 2.75) is 18.4 Å². The number of aromatic nitrogens is 1. The van der Waals surface area contributed by atoms with Crippen LogP contribution in [0.2, 0.25) is 0 Å². The quantitative estimate of drug-likeness (QED) is 0.484. The van der Waals surface area contributed by atoms with E-state index in [1.54, 1.807) is 6.07 Å². The molecule has 0 aliphatic carbocycles. The molecule has 0 spiro atoms. The summed E-state index contributed by atoms with van der Waals surface area (Å²) in [4.78, 5) is 19.0. The van der Waals surface area contributed by atoms with Gasteiger partial charge in [0.1, 0.15) is 11.6 Å². The number of carbonyl (C=O) groups excluding carboxylic acids is 1. The largest absolute Gasteiger partial charge is 0.487 e. The first-order chi connectivity index (χ1) is 12.3. The van der Waals surface area contributed by atoms with E-state index in [1.807, 2.05) is 0 Å². The number of ether oxygens (including phenoxy) is 1. The lowest BCUT2D eigenvalue weighted by Gasteiger charge is -2.18. The number of nitrogens with one attached hydrogen (secondary N) is 1. The number of pyridine rings is 1. The van der Waals surface area contributed by atoms with Gasteiger partial charge in [0.05, 0.1) is 9.13 Å². The van der Waals surface area contributed by atoms with Gasteiger partial charge in [0.2, 0.25) is 0 Å². The molecule has 0 saturated carbocycles. The summed E-state index contributed by atoms with van der Waals surface area (Å²) in [6.07, 6.45) is 3.83. The fourth-order valence-electron chi connectivity index (χ4n) is 2.66. The Hall–Kier alpha value is -1.68. The molecule has 1 amide bonds. The van der Waals surface area contributed by atoms with Crippen LogP contribution in [0.15, 0.2) is 36.5 Å². The second-order valence-electron chi connectivity index (χ2n) is 5.75. The number of carbonyl (C=O) groups is 1. The number of hydrogen-bond acceptors (Lipinski definition) is 4. The highest BCUT2D eigenvalue weighted by Gasteiger charge is 2.27. The van der Waals surface area contributed by atoms with Gasteiger partial charge in [-0.25, -0.2) is 4.98 Å². The van der Waals surface area contributed by atoms with Crippen LogP contribution in [0.4, 0.5) is 20.3 Å². The molecule has 0 atom stereocenters. The van der Waals surface area contributed by atoms with Gasteiger partial charge in [-0.3, -0.25) is 4.79 Å². The minimum Gasteiger partial charge on any atom is -0.420 e. The Morgan fingerprint density at radius 1 is 1.27 bits per heavy atom. The maximum atomic E-state index is 12.6. The van der Waals surface area contributed by atoms with E-state index in [-0.39, 0.29) is 11.7 Å². The van der Waals surface area contributed by atoms with Crippen LogP contribution in [-0.2, 0) is 0 Å². The van der Waals surface area contributed by atoms with Crippen molar-refractivity contribution < 1.29 is 18.3 Å². The van der Waals surface area contributed by atoms with Crippen molar-refractivity contribution in [3.63, 3.8) is 0 Å². The van der Waals surface area contributed by atoms with E-state index in [9.17, 15) is 13.6 Å². The molecule has 3 rings (SSSR count). The van der Waals surface area contributed by atoms with E-state index in [4.69, 9.17) is 11.6 Å². The van der Waals surface area contributed by atoms with Gasteiger partial charge in [-0.05, 0) is 65.8 Å². The molecular weight excluding hydrogens is 479 g/mol. The number of anilines is 2. The first kappa shape index (κ1) is 19.1. The summed E-state index contributed by atoms with van der Waals surface area (Å²) < 4.78 is 30.3. The summed E-state index contributed by atoms with van der Waals surface area (Å²) in [6.45, 7) is 1.95. The summed E-state index contributed by atoms with van der Waals surface area (Å²) in [5.74, 6) is 0.456. The first-order valence-electron chi connectivity index (χ1n) is 7.89. The van der Waals surface area contributed by atoms with Crippen molar-refractivity contribution in [2.24, 2.45) is 0 Å². The summed E-state index contributed by atoms with van der Waals surface area (Å²) in [7, 11) is 0. The monoisotopic (exact) mass is 493 g/mol. The average Bonchev–Trinajstić information content (AvgIpc) is 3.09. The van der Waals surface area contributed by atoms with Crippen molar-refractivity contribution in [3.8, 4) is 5.75 Å². The summed E-state index contributed by atoms with van der Waals surface area (Å²) >= 11 is 6.88. The van der Waals surface area contributed by atoms with Crippen molar-refractivity contribution >= 4 is 51.6 Å². The number of alkyl halides is 3. The Morgan fingerprint density at radius 2 is 1.92 bits per heavy atom. The van der Waals surface area contributed by atoms with Gasteiger partial charge in [-0.1, -0.05) is 0 Å². The molecule has 1 aliphatic rings. The van der Waals surface area contributed by atoms with Crippen molar-refractivity contribution in [1.29, 1.82) is 0 Å². The van der Waals surface area contributed by atoms with Crippen LogP contribution in [0.5, 0.6) is 5.75 Å². The SMILES string of the molecule is O=C(Nc1ccc(OC(F)(F)Cl)cc1)c1cnc(N2CCCC2)c(I)c1. The maximum Gasteiger partial charge on any atom is 0.487 e. The van der Waals surface area contributed by atoms with Gasteiger partial charge in [0.25, 0.3) is 5.91 Å². The van der Waals surface area contributed by atoms with E-state index in [2.05, 4.69) is 42.5 Å². The zero-order valence-corrected chi connectivity index (χ0v) is 16.4. The molecule has 0 bridgehead atoms. The van der Waals surface area contributed by atoms with Crippen molar-refractivity contribution in [3.05, 3.63) is 45.7 Å². The highest BCUT2D eigenvalue weighted by molar-refractivity contribution is 14.1. The van der Waals surface area contributed by atoms with Crippen molar-refractivity contribution in [2.75, 3.05) is 23.3 Å². The molecule has 2 aromatic rings. The highest BCUT2D eigenvalue weighted by Crippen LogP contribution is 2.27. The van der Waals surface area contributed by atoms with Gasteiger partial charge in [0, 0.05) is 36.6 Å². The molecule has 2 heterocycles.